The summed E-state index contributed by atoms with van der Waals surface area (Å²) in [6, 6.07) is 0. The monoisotopic (exact) mass is 235 g/mol. The minimum Gasteiger partial charge on any atom is -0.461 e. The highest BCUT2D eigenvalue weighted by Gasteiger charge is 2.22. The van der Waals surface area contributed by atoms with Crippen molar-refractivity contribution < 1.29 is 9.53 Å². The summed E-state index contributed by atoms with van der Waals surface area (Å²) in [6.45, 7) is 4.02. The van der Waals surface area contributed by atoms with E-state index in [1.807, 2.05) is 6.92 Å². The third kappa shape index (κ3) is 2.03. The van der Waals surface area contributed by atoms with Gasteiger partial charge in [-0.3, -0.25) is 0 Å². The van der Waals surface area contributed by atoms with Gasteiger partial charge in [-0.25, -0.2) is 9.78 Å². The molecular formula is C10H13N5O2. The standard InChI is InChI=1S/C10H13N5O2/c1-3-6-7(12-5-11-6)8-9(14-15-13-8)10(16)17-4-2/h5H,3-4H2,1-2H3,(H,11,12)(H,13,14,15). The molecule has 7 heteroatoms. The maximum Gasteiger partial charge on any atom is 0.361 e. The van der Waals surface area contributed by atoms with Crippen molar-refractivity contribution in [3.8, 4) is 11.4 Å². The Morgan fingerprint density at radius 3 is 2.88 bits per heavy atom. The number of carbonyl (C=O) groups is 1. The third-order valence-electron chi connectivity index (χ3n) is 2.31. The van der Waals surface area contributed by atoms with Gasteiger partial charge in [-0.05, 0) is 13.3 Å². The number of aromatic amines is 2. The molecule has 2 aromatic rings. The molecule has 0 unspecified atom stereocenters. The first-order chi connectivity index (χ1) is 8.27. The van der Waals surface area contributed by atoms with Crippen LogP contribution in [0.1, 0.15) is 30.0 Å². The number of ether oxygens (including phenoxy) is 1. The van der Waals surface area contributed by atoms with E-state index in [4.69, 9.17) is 4.74 Å². The lowest BCUT2D eigenvalue weighted by atomic mass is 10.2. The molecule has 2 heterocycles. The lowest BCUT2D eigenvalue weighted by Gasteiger charge is -2.00. The fraction of sp³-hybridized carbons (Fsp3) is 0.400. The lowest BCUT2D eigenvalue weighted by molar-refractivity contribution is 0.0520. The van der Waals surface area contributed by atoms with Gasteiger partial charge in [0.25, 0.3) is 0 Å². The van der Waals surface area contributed by atoms with Gasteiger partial charge in [0.15, 0.2) is 5.69 Å². The van der Waals surface area contributed by atoms with Crippen LogP contribution >= 0.6 is 0 Å². The number of nitrogens with zero attached hydrogens (tertiary/aromatic N) is 3. The molecule has 90 valence electrons. The van der Waals surface area contributed by atoms with Gasteiger partial charge >= 0.3 is 5.97 Å². The largest absolute Gasteiger partial charge is 0.461 e. The summed E-state index contributed by atoms with van der Waals surface area (Å²) in [6.07, 6.45) is 2.34. The zero-order valence-electron chi connectivity index (χ0n) is 9.65. The normalized spacial score (nSPS) is 10.5. The molecular weight excluding hydrogens is 222 g/mol. The minimum absolute atomic E-state index is 0.161. The number of esters is 1. The molecule has 0 aliphatic heterocycles. The second-order valence-corrected chi connectivity index (χ2v) is 3.32. The van der Waals surface area contributed by atoms with Crippen LogP contribution < -0.4 is 0 Å². The highest BCUT2D eigenvalue weighted by Crippen LogP contribution is 2.21. The predicted molar refractivity (Wildman–Crippen MR) is 59.3 cm³/mol. The molecule has 0 amide bonds. The molecule has 2 aromatic heterocycles. The number of H-pyrrole nitrogens is 2. The summed E-state index contributed by atoms with van der Waals surface area (Å²) >= 11 is 0. The Balaban J connectivity index is 2.40. The van der Waals surface area contributed by atoms with Crippen molar-refractivity contribution in [2.24, 2.45) is 0 Å². The maximum atomic E-state index is 11.6. The average Bonchev–Trinajstić information content (AvgIpc) is 2.97. The van der Waals surface area contributed by atoms with Gasteiger partial charge in [-0.15, -0.1) is 5.10 Å². The molecule has 0 aliphatic rings. The fourth-order valence-corrected chi connectivity index (χ4v) is 1.53. The molecule has 0 saturated carbocycles. The first kappa shape index (κ1) is 11.3. The van der Waals surface area contributed by atoms with Crippen LogP contribution in [-0.2, 0) is 11.2 Å². The lowest BCUT2D eigenvalue weighted by Crippen LogP contribution is -2.07. The molecule has 0 aliphatic carbocycles. The Hall–Kier alpha value is -2.18. The predicted octanol–water partition coefficient (Wildman–Crippen LogP) is 0.934. The molecule has 0 fully saturated rings. The van der Waals surface area contributed by atoms with Crippen molar-refractivity contribution in [3.63, 3.8) is 0 Å². The van der Waals surface area contributed by atoms with Crippen molar-refractivity contribution in [1.29, 1.82) is 0 Å². The number of hydrogen-bond acceptors (Lipinski definition) is 5. The molecule has 0 bridgehead atoms. The molecule has 0 aromatic carbocycles. The molecule has 0 spiro atoms. The summed E-state index contributed by atoms with van der Waals surface area (Å²) in [5.74, 6) is -0.499. The molecule has 0 saturated heterocycles. The van der Waals surface area contributed by atoms with Crippen LogP contribution in [0.15, 0.2) is 6.33 Å². The van der Waals surface area contributed by atoms with Crippen LogP contribution in [0.4, 0.5) is 0 Å². The van der Waals surface area contributed by atoms with Crippen LogP contribution in [0, 0.1) is 0 Å². The van der Waals surface area contributed by atoms with E-state index in [9.17, 15) is 4.79 Å². The van der Waals surface area contributed by atoms with Crippen LogP contribution in [0.2, 0.25) is 0 Å². The molecule has 2 rings (SSSR count). The second-order valence-electron chi connectivity index (χ2n) is 3.32. The second kappa shape index (κ2) is 4.77. The van der Waals surface area contributed by atoms with Crippen molar-refractivity contribution >= 4 is 5.97 Å². The first-order valence-electron chi connectivity index (χ1n) is 5.38. The minimum atomic E-state index is -0.499. The number of imidazole rings is 1. The van der Waals surface area contributed by atoms with Gasteiger partial charge in [-0.2, -0.15) is 10.3 Å². The first-order valence-corrected chi connectivity index (χ1v) is 5.38. The Labute approximate surface area is 97.6 Å². The van der Waals surface area contributed by atoms with Gasteiger partial charge in [0, 0.05) is 5.69 Å². The van der Waals surface area contributed by atoms with E-state index in [0.29, 0.717) is 18.0 Å². The number of aryl methyl sites for hydroxylation is 1. The van der Waals surface area contributed by atoms with E-state index in [-0.39, 0.29) is 5.69 Å². The SMILES string of the molecule is CCOC(=O)c1n[nH]nc1-c1nc[nH]c1CC. The van der Waals surface area contributed by atoms with Crippen LogP contribution in [0.3, 0.4) is 0 Å². The quantitative estimate of drug-likeness (QED) is 0.768. The molecule has 17 heavy (non-hydrogen) atoms. The highest BCUT2D eigenvalue weighted by atomic mass is 16.5. The van der Waals surface area contributed by atoms with E-state index in [2.05, 4.69) is 25.4 Å². The van der Waals surface area contributed by atoms with Gasteiger partial charge in [0.2, 0.25) is 0 Å². The van der Waals surface area contributed by atoms with Crippen LogP contribution in [0.25, 0.3) is 11.4 Å². The van der Waals surface area contributed by atoms with Crippen LogP contribution in [0.5, 0.6) is 0 Å². The van der Waals surface area contributed by atoms with E-state index in [1.54, 1.807) is 13.3 Å². The van der Waals surface area contributed by atoms with Crippen molar-refractivity contribution in [3.05, 3.63) is 17.7 Å². The number of carbonyl (C=O) groups excluding carboxylic acids is 1. The van der Waals surface area contributed by atoms with Gasteiger partial charge < -0.3 is 9.72 Å². The summed E-state index contributed by atoms with van der Waals surface area (Å²) in [4.78, 5) is 18.8. The van der Waals surface area contributed by atoms with Crippen LogP contribution in [-0.4, -0.2) is 38.0 Å². The van der Waals surface area contributed by atoms with Crippen molar-refractivity contribution in [2.45, 2.75) is 20.3 Å². The Morgan fingerprint density at radius 1 is 1.35 bits per heavy atom. The number of hydrogen-bond donors (Lipinski definition) is 2. The van der Waals surface area contributed by atoms with Crippen molar-refractivity contribution in [2.75, 3.05) is 6.61 Å². The Morgan fingerprint density at radius 2 is 2.18 bits per heavy atom. The number of nitrogens with one attached hydrogen (secondary N) is 2. The smallest absolute Gasteiger partial charge is 0.361 e. The van der Waals surface area contributed by atoms with E-state index < -0.39 is 5.97 Å². The van der Waals surface area contributed by atoms with Crippen molar-refractivity contribution in [1.82, 2.24) is 25.4 Å². The van der Waals surface area contributed by atoms with Gasteiger partial charge in [0.05, 0.1) is 12.9 Å². The summed E-state index contributed by atoms with van der Waals surface area (Å²) < 4.78 is 4.90. The molecule has 2 N–H and O–H groups in total. The zero-order chi connectivity index (χ0) is 12.3. The molecule has 7 nitrogen and oxygen atoms in total. The number of rotatable bonds is 4. The molecule has 0 atom stereocenters. The van der Waals surface area contributed by atoms with E-state index in [1.165, 1.54) is 0 Å². The Bertz CT molecular complexity index is 516. The van der Waals surface area contributed by atoms with E-state index >= 15 is 0 Å². The summed E-state index contributed by atoms with van der Waals surface area (Å²) in [7, 11) is 0. The Kier molecular flexibility index (Phi) is 3.17. The highest BCUT2D eigenvalue weighted by molar-refractivity contribution is 5.93. The maximum absolute atomic E-state index is 11.6. The van der Waals surface area contributed by atoms with E-state index in [0.717, 1.165) is 12.1 Å². The summed E-state index contributed by atoms with van der Waals surface area (Å²) in [5, 5.41) is 10.2. The third-order valence-corrected chi connectivity index (χ3v) is 2.31. The number of aromatic nitrogens is 5. The molecule has 0 radical (unpaired) electrons. The van der Waals surface area contributed by atoms with Gasteiger partial charge in [0.1, 0.15) is 11.4 Å². The topological polar surface area (TPSA) is 96.6 Å². The average molecular weight is 235 g/mol. The summed E-state index contributed by atoms with van der Waals surface area (Å²) in [5.41, 5.74) is 2.11. The zero-order valence-corrected chi connectivity index (χ0v) is 9.65. The fourth-order valence-electron chi connectivity index (χ4n) is 1.53. The van der Waals surface area contributed by atoms with Gasteiger partial charge in [-0.1, -0.05) is 6.92 Å².